The zero-order valence-corrected chi connectivity index (χ0v) is 18.5. The molecular weight excluding hydrogens is 380 g/mol. The Labute approximate surface area is 178 Å². The van der Waals surface area contributed by atoms with E-state index < -0.39 is 12.1 Å². The summed E-state index contributed by atoms with van der Waals surface area (Å²) in [6, 6.07) is 12.8. The number of methoxy groups -OCH3 is 1. The number of esters is 1. The molecule has 0 bridgehead atoms. The normalized spacial score (nSPS) is 12.5. The monoisotopic (exact) mass is 410 g/mol. The minimum absolute atomic E-state index is 0.00306. The summed E-state index contributed by atoms with van der Waals surface area (Å²) in [7, 11) is 1.53. The fourth-order valence-corrected chi connectivity index (χ4v) is 2.89. The molecule has 0 fully saturated rings. The zero-order valence-electron chi connectivity index (χ0n) is 18.5. The summed E-state index contributed by atoms with van der Waals surface area (Å²) in [5.41, 5.74) is 2.60. The Bertz CT molecular complexity index is 904. The molecule has 0 heterocycles. The molecule has 160 valence electrons. The van der Waals surface area contributed by atoms with Crippen LogP contribution in [0.1, 0.15) is 56.1 Å². The molecule has 0 unspecified atom stereocenters. The minimum atomic E-state index is -0.902. The summed E-state index contributed by atoms with van der Waals surface area (Å²) in [4.78, 5) is 24.7. The van der Waals surface area contributed by atoms with Crippen molar-refractivity contribution in [3.05, 3.63) is 65.2 Å². The number of ether oxygens (including phenoxy) is 3. The first-order valence-corrected chi connectivity index (χ1v) is 9.93. The molecule has 1 atom stereocenters. The standard InChI is InChI=1S/C25H30O5/c1-7-8-18-9-14-21(22(15-18)28-6)29-16-23(26)30-17(2)24(27)19-10-12-20(13-11-19)25(3,4)5/h7-15,17H,16H2,1-6H3/b8-7+/t17-/m0/s1. The largest absolute Gasteiger partial charge is 0.493 e. The van der Waals surface area contributed by atoms with E-state index in [1.54, 1.807) is 25.1 Å². The molecule has 2 aromatic carbocycles. The first-order chi connectivity index (χ1) is 14.2. The highest BCUT2D eigenvalue weighted by Gasteiger charge is 2.21. The number of ketones is 1. The Hall–Kier alpha value is -3.08. The quantitative estimate of drug-likeness (QED) is 0.441. The molecule has 5 nitrogen and oxygen atoms in total. The van der Waals surface area contributed by atoms with Gasteiger partial charge in [-0.15, -0.1) is 0 Å². The lowest BCUT2D eigenvalue weighted by Gasteiger charge is -2.19. The molecule has 0 aliphatic heterocycles. The third kappa shape index (κ3) is 6.21. The highest BCUT2D eigenvalue weighted by Crippen LogP contribution is 2.28. The van der Waals surface area contributed by atoms with Crippen molar-refractivity contribution in [3.8, 4) is 11.5 Å². The van der Waals surface area contributed by atoms with Crippen LogP contribution in [0.25, 0.3) is 6.08 Å². The van der Waals surface area contributed by atoms with Crippen LogP contribution in [-0.4, -0.2) is 31.6 Å². The molecule has 30 heavy (non-hydrogen) atoms. The van der Waals surface area contributed by atoms with Gasteiger partial charge in [-0.1, -0.05) is 63.3 Å². The molecule has 0 aliphatic rings. The second-order valence-corrected chi connectivity index (χ2v) is 8.02. The van der Waals surface area contributed by atoms with Gasteiger partial charge in [0.1, 0.15) is 0 Å². The van der Waals surface area contributed by atoms with Crippen LogP contribution in [0, 0.1) is 0 Å². The SMILES string of the molecule is C/C=C/c1ccc(OCC(=O)O[C@@H](C)C(=O)c2ccc(C(C)(C)C)cc2)c(OC)c1. The second kappa shape index (κ2) is 10.1. The maximum absolute atomic E-state index is 12.6. The maximum Gasteiger partial charge on any atom is 0.344 e. The van der Waals surface area contributed by atoms with E-state index in [0.29, 0.717) is 17.1 Å². The molecule has 0 spiro atoms. The average molecular weight is 411 g/mol. The molecule has 0 saturated heterocycles. The lowest BCUT2D eigenvalue weighted by Crippen LogP contribution is -2.27. The van der Waals surface area contributed by atoms with E-state index >= 15 is 0 Å². The number of benzene rings is 2. The van der Waals surface area contributed by atoms with Gasteiger partial charge in [0, 0.05) is 5.56 Å². The van der Waals surface area contributed by atoms with E-state index in [1.165, 1.54) is 7.11 Å². The zero-order chi connectivity index (χ0) is 22.3. The maximum atomic E-state index is 12.6. The fraction of sp³-hybridized carbons (Fsp3) is 0.360. The van der Waals surface area contributed by atoms with Gasteiger partial charge in [-0.3, -0.25) is 4.79 Å². The van der Waals surface area contributed by atoms with Crippen molar-refractivity contribution >= 4 is 17.8 Å². The lowest BCUT2D eigenvalue weighted by molar-refractivity contribution is -0.148. The summed E-state index contributed by atoms with van der Waals surface area (Å²) in [6.45, 7) is 9.49. The van der Waals surface area contributed by atoms with Gasteiger partial charge >= 0.3 is 5.97 Å². The van der Waals surface area contributed by atoms with Crippen molar-refractivity contribution in [2.24, 2.45) is 0 Å². The molecule has 0 N–H and O–H groups in total. The fourth-order valence-electron chi connectivity index (χ4n) is 2.89. The summed E-state index contributed by atoms with van der Waals surface area (Å²) in [5, 5.41) is 0. The minimum Gasteiger partial charge on any atom is -0.493 e. The third-order valence-electron chi connectivity index (χ3n) is 4.61. The lowest BCUT2D eigenvalue weighted by atomic mass is 9.86. The third-order valence-corrected chi connectivity index (χ3v) is 4.61. The van der Waals surface area contributed by atoms with Crippen LogP contribution in [0.15, 0.2) is 48.5 Å². The van der Waals surface area contributed by atoms with Crippen LogP contribution >= 0.6 is 0 Å². The van der Waals surface area contributed by atoms with Crippen LogP contribution in [0.4, 0.5) is 0 Å². The highest BCUT2D eigenvalue weighted by atomic mass is 16.6. The Balaban J connectivity index is 1.95. The van der Waals surface area contributed by atoms with Crippen molar-refractivity contribution in [1.29, 1.82) is 0 Å². The second-order valence-electron chi connectivity index (χ2n) is 8.02. The van der Waals surface area contributed by atoms with E-state index in [9.17, 15) is 9.59 Å². The van der Waals surface area contributed by atoms with Gasteiger partial charge in [-0.05, 0) is 42.5 Å². The smallest absolute Gasteiger partial charge is 0.344 e. The molecule has 0 radical (unpaired) electrons. The van der Waals surface area contributed by atoms with Crippen molar-refractivity contribution < 1.29 is 23.8 Å². The van der Waals surface area contributed by atoms with Crippen LogP contribution < -0.4 is 9.47 Å². The summed E-state index contributed by atoms with van der Waals surface area (Å²) in [5.74, 6) is 0.0692. The van der Waals surface area contributed by atoms with Crippen molar-refractivity contribution in [2.45, 2.75) is 46.1 Å². The van der Waals surface area contributed by atoms with Gasteiger partial charge in [0.2, 0.25) is 5.78 Å². The Kier molecular flexibility index (Phi) is 7.81. The van der Waals surface area contributed by atoms with E-state index in [-0.39, 0.29) is 17.8 Å². The molecule has 0 aliphatic carbocycles. The van der Waals surface area contributed by atoms with Crippen molar-refractivity contribution in [3.63, 3.8) is 0 Å². The average Bonchev–Trinajstić information content (AvgIpc) is 2.71. The van der Waals surface area contributed by atoms with Gasteiger partial charge < -0.3 is 14.2 Å². The highest BCUT2D eigenvalue weighted by molar-refractivity contribution is 6.00. The number of carbonyl (C=O) groups is 2. The molecule has 2 aromatic rings. The number of carbonyl (C=O) groups excluding carboxylic acids is 2. The Morgan fingerprint density at radius 1 is 1.03 bits per heavy atom. The van der Waals surface area contributed by atoms with E-state index in [4.69, 9.17) is 14.2 Å². The number of Topliss-reactive ketones (excluding diaryl/α,β-unsaturated/α-hetero) is 1. The molecule has 0 amide bonds. The Morgan fingerprint density at radius 3 is 2.27 bits per heavy atom. The Morgan fingerprint density at radius 2 is 1.70 bits per heavy atom. The van der Waals surface area contributed by atoms with Crippen LogP contribution in [0.2, 0.25) is 0 Å². The number of hydrogen-bond donors (Lipinski definition) is 0. The van der Waals surface area contributed by atoms with Crippen LogP contribution in [0.3, 0.4) is 0 Å². The van der Waals surface area contributed by atoms with Crippen LogP contribution in [0.5, 0.6) is 11.5 Å². The van der Waals surface area contributed by atoms with Gasteiger partial charge in [-0.25, -0.2) is 4.79 Å². The molecule has 5 heteroatoms. The van der Waals surface area contributed by atoms with Gasteiger partial charge in [0.15, 0.2) is 24.2 Å². The molecular formula is C25H30O5. The molecule has 0 saturated carbocycles. The topological polar surface area (TPSA) is 61.8 Å². The summed E-state index contributed by atoms with van der Waals surface area (Å²) < 4.78 is 16.1. The van der Waals surface area contributed by atoms with Gasteiger partial charge in [0.25, 0.3) is 0 Å². The first kappa shape index (κ1) is 23.2. The predicted octanol–water partition coefficient (Wildman–Crippen LogP) is 5.22. The predicted molar refractivity (Wildman–Crippen MR) is 118 cm³/mol. The van der Waals surface area contributed by atoms with Gasteiger partial charge in [-0.2, -0.15) is 0 Å². The number of hydrogen-bond acceptors (Lipinski definition) is 5. The first-order valence-electron chi connectivity index (χ1n) is 9.93. The van der Waals surface area contributed by atoms with Crippen molar-refractivity contribution in [2.75, 3.05) is 13.7 Å². The van der Waals surface area contributed by atoms with E-state index in [0.717, 1.165) is 11.1 Å². The van der Waals surface area contributed by atoms with Crippen LogP contribution in [-0.2, 0) is 14.9 Å². The summed E-state index contributed by atoms with van der Waals surface area (Å²) >= 11 is 0. The van der Waals surface area contributed by atoms with Gasteiger partial charge in [0.05, 0.1) is 7.11 Å². The van der Waals surface area contributed by atoms with E-state index in [2.05, 4.69) is 20.8 Å². The number of rotatable bonds is 8. The number of allylic oxidation sites excluding steroid dienone is 1. The molecule has 2 rings (SSSR count). The van der Waals surface area contributed by atoms with E-state index in [1.807, 2.05) is 43.3 Å². The van der Waals surface area contributed by atoms with Crippen molar-refractivity contribution in [1.82, 2.24) is 0 Å². The summed E-state index contributed by atoms with van der Waals surface area (Å²) in [6.07, 6.45) is 2.95. The molecule has 0 aromatic heterocycles.